The van der Waals surface area contributed by atoms with Gasteiger partial charge in [-0.15, -0.1) is 11.3 Å². The molecule has 1 amide bonds. The fraction of sp³-hybridized carbons (Fsp3) is 0.400. The maximum absolute atomic E-state index is 13.6. The van der Waals surface area contributed by atoms with Crippen molar-refractivity contribution in [3.63, 3.8) is 0 Å². The molecule has 5 rings (SSSR count). The molecule has 0 saturated carbocycles. The quantitative estimate of drug-likeness (QED) is 0.517. The van der Waals surface area contributed by atoms with E-state index in [0.717, 1.165) is 36.8 Å². The van der Waals surface area contributed by atoms with Crippen LogP contribution in [0, 0.1) is 18.7 Å². The molecule has 0 bridgehead atoms. The van der Waals surface area contributed by atoms with Crippen molar-refractivity contribution in [2.45, 2.75) is 38.8 Å². The predicted octanol–water partition coefficient (Wildman–Crippen LogP) is 3.73. The zero-order valence-corrected chi connectivity index (χ0v) is 20.9. The third-order valence-corrected chi connectivity index (χ3v) is 7.32. The van der Waals surface area contributed by atoms with Gasteiger partial charge >= 0.3 is 0 Å². The van der Waals surface area contributed by atoms with Crippen LogP contribution in [0.2, 0.25) is 0 Å². The van der Waals surface area contributed by atoms with E-state index in [9.17, 15) is 9.18 Å². The summed E-state index contributed by atoms with van der Waals surface area (Å²) in [4.78, 5) is 34.1. The lowest BCUT2D eigenvalue weighted by Gasteiger charge is -2.33. The number of amides is 1. The number of rotatable bonds is 7. The van der Waals surface area contributed by atoms with Crippen LogP contribution in [0.3, 0.4) is 0 Å². The zero-order chi connectivity index (χ0) is 25.1. The molecule has 0 spiro atoms. The summed E-state index contributed by atoms with van der Waals surface area (Å²) in [6.45, 7) is 3.85. The van der Waals surface area contributed by atoms with Gasteiger partial charge in [0.1, 0.15) is 23.3 Å². The summed E-state index contributed by atoms with van der Waals surface area (Å²) in [7, 11) is 1.40. The van der Waals surface area contributed by atoms with E-state index in [2.05, 4.69) is 30.3 Å². The molecule has 4 heterocycles. The Labute approximate surface area is 212 Å². The van der Waals surface area contributed by atoms with E-state index in [-0.39, 0.29) is 30.0 Å². The molecule has 1 saturated heterocycles. The number of nitrogens with one attached hydrogen (secondary N) is 1. The van der Waals surface area contributed by atoms with Gasteiger partial charge in [0, 0.05) is 43.5 Å². The van der Waals surface area contributed by atoms with Crippen LogP contribution in [0.4, 0.5) is 9.52 Å². The molecule has 11 heteroatoms. The first kappa shape index (κ1) is 24.1. The smallest absolute Gasteiger partial charge is 0.270 e. The maximum Gasteiger partial charge on any atom is 0.270 e. The van der Waals surface area contributed by atoms with Gasteiger partial charge < -0.3 is 19.8 Å². The number of aromatic nitrogens is 3. The molecule has 1 unspecified atom stereocenters. The third kappa shape index (κ3) is 5.30. The first-order valence-electron chi connectivity index (χ1n) is 11.8. The van der Waals surface area contributed by atoms with Gasteiger partial charge in [0.05, 0.1) is 12.8 Å². The van der Waals surface area contributed by atoms with E-state index in [0.29, 0.717) is 29.4 Å². The summed E-state index contributed by atoms with van der Waals surface area (Å²) in [5, 5.41) is 10.2. The second kappa shape index (κ2) is 10.6. The highest BCUT2D eigenvalue weighted by Crippen LogP contribution is 2.31. The highest BCUT2D eigenvalue weighted by atomic mass is 32.1. The minimum Gasteiger partial charge on any atom is -0.494 e. The highest BCUT2D eigenvalue weighted by molar-refractivity contribution is 7.13. The molecule has 9 nitrogen and oxygen atoms in total. The molecule has 1 atom stereocenters. The first-order valence-corrected chi connectivity index (χ1v) is 12.7. The Morgan fingerprint density at radius 3 is 2.86 bits per heavy atom. The number of hydrogen-bond donors (Lipinski definition) is 1. The molecule has 0 aliphatic carbocycles. The largest absolute Gasteiger partial charge is 0.494 e. The van der Waals surface area contributed by atoms with E-state index < -0.39 is 5.82 Å². The van der Waals surface area contributed by atoms with Crippen LogP contribution in [-0.2, 0) is 11.4 Å². The van der Waals surface area contributed by atoms with Crippen molar-refractivity contribution in [3.8, 4) is 5.75 Å². The van der Waals surface area contributed by atoms with Gasteiger partial charge in [-0.25, -0.2) is 19.3 Å². The van der Waals surface area contributed by atoms with Crippen LogP contribution in [0.1, 0.15) is 46.8 Å². The van der Waals surface area contributed by atoms with Crippen LogP contribution in [-0.4, -0.2) is 52.9 Å². The summed E-state index contributed by atoms with van der Waals surface area (Å²) in [5.41, 5.74) is 2.28. The Balaban J connectivity index is 1.19. The molecule has 3 aromatic rings. The summed E-state index contributed by atoms with van der Waals surface area (Å²) in [6, 6.07) is 6.10. The normalized spacial score (nSPS) is 18.0. The van der Waals surface area contributed by atoms with Crippen molar-refractivity contribution in [2.24, 2.45) is 11.1 Å². The number of carbonyl (C=O) groups is 1. The molecule has 0 radical (unpaired) electrons. The highest BCUT2D eigenvalue weighted by Gasteiger charge is 2.34. The summed E-state index contributed by atoms with van der Waals surface area (Å²) in [5.74, 6) is 0.205. The topological polar surface area (TPSA) is 102 Å². The Bertz CT molecular complexity index is 1260. The Hall–Kier alpha value is -3.60. The van der Waals surface area contributed by atoms with Crippen LogP contribution in [0.15, 0.2) is 41.0 Å². The second-order valence-corrected chi connectivity index (χ2v) is 9.74. The third-order valence-electron chi connectivity index (χ3n) is 6.48. The van der Waals surface area contributed by atoms with Crippen LogP contribution in [0.5, 0.6) is 5.75 Å². The number of anilines is 1. The molecule has 1 fully saturated rings. The summed E-state index contributed by atoms with van der Waals surface area (Å²) < 4.78 is 18.6. The van der Waals surface area contributed by atoms with Crippen molar-refractivity contribution >= 4 is 28.1 Å². The Morgan fingerprint density at radius 1 is 1.28 bits per heavy atom. The Kier molecular flexibility index (Phi) is 7.08. The van der Waals surface area contributed by atoms with Gasteiger partial charge in [-0.3, -0.25) is 4.79 Å². The molecule has 36 heavy (non-hydrogen) atoms. The first-order chi connectivity index (χ1) is 17.5. The minimum atomic E-state index is -0.452. The summed E-state index contributed by atoms with van der Waals surface area (Å²) in [6.07, 6.45) is 4.51. The Morgan fingerprint density at radius 2 is 2.11 bits per heavy atom. The van der Waals surface area contributed by atoms with Gasteiger partial charge in [0.2, 0.25) is 0 Å². The molecule has 1 N–H and O–H groups in total. The molecule has 188 valence electrons. The van der Waals surface area contributed by atoms with E-state index in [4.69, 9.17) is 9.57 Å². The number of piperidine rings is 1. The predicted molar refractivity (Wildman–Crippen MR) is 134 cm³/mol. The van der Waals surface area contributed by atoms with Gasteiger partial charge in [0.25, 0.3) is 5.91 Å². The number of methoxy groups -OCH3 is 1. The van der Waals surface area contributed by atoms with Crippen LogP contribution < -0.4 is 15.0 Å². The van der Waals surface area contributed by atoms with Crippen molar-refractivity contribution in [1.29, 1.82) is 0 Å². The van der Waals surface area contributed by atoms with E-state index in [1.807, 2.05) is 11.6 Å². The van der Waals surface area contributed by atoms with Crippen LogP contribution in [0.25, 0.3) is 0 Å². The number of aryl methyl sites for hydroxylation is 1. The number of oxime groups is 1. The van der Waals surface area contributed by atoms with Crippen molar-refractivity contribution in [3.05, 3.63) is 64.4 Å². The van der Waals surface area contributed by atoms with Crippen LogP contribution >= 0.6 is 11.3 Å². The van der Waals surface area contributed by atoms with E-state index in [1.54, 1.807) is 36.5 Å². The SMILES string of the molecule is COc1cc(CNC(=O)c2cc(C3=NOC(C4CCN(c5nccs5)CC4)C3)nc(C)n2)ccc1F. The lowest BCUT2D eigenvalue weighted by molar-refractivity contribution is 0.0315. The van der Waals surface area contributed by atoms with Gasteiger partial charge in [-0.2, -0.15) is 0 Å². The lowest BCUT2D eigenvalue weighted by atomic mass is 9.88. The van der Waals surface area contributed by atoms with Crippen molar-refractivity contribution in [1.82, 2.24) is 20.3 Å². The van der Waals surface area contributed by atoms with Gasteiger partial charge in [-0.1, -0.05) is 11.2 Å². The monoisotopic (exact) mass is 510 g/mol. The lowest BCUT2D eigenvalue weighted by Crippen LogP contribution is -2.37. The van der Waals surface area contributed by atoms with Gasteiger partial charge in [0.15, 0.2) is 16.7 Å². The number of thiazole rings is 1. The molecular weight excluding hydrogens is 483 g/mol. The van der Waals surface area contributed by atoms with Crippen molar-refractivity contribution < 1.29 is 18.8 Å². The van der Waals surface area contributed by atoms with E-state index >= 15 is 0 Å². The molecule has 2 aromatic heterocycles. The average Bonchev–Trinajstić information content (AvgIpc) is 3.61. The zero-order valence-electron chi connectivity index (χ0n) is 20.1. The number of hydrogen-bond acceptors (Lipinski definition) is 9. The number of ether oxygens (including phenoxy) is 1. The number of nitrogens with zero attached hydrogens (tertiary/aromatic N) is 5. The van der Waals surface area contributed by atoms with Gasteiger partial charge in [-0.05, 0) is 43.5 Å². The maximum atomic E-state index is 13.6. The molecule has 1 aromatic carbocycles. The average molecular weight is 511 g/mol. The fourth-order valence-corrected chi connectivity index (χ4v) is 5.25. The van der Waals surface area contributed by atoms with E-state index in [1.165, 1.54) is 13.2 Å². The second-order valence-electron chi connectivity index (χ2n) is 8.86. The minimum absolute atomic E-state index is 0.000510. The summed E-state index contributed by atoms with van der Waals surface area (Å²) >= 11 is 1.66. The van der Waals surface area contributed by atoms with Crippen molar-refractivity contribution in [2.75, 3.05) is 25.1 Å². The fourth-order valence-electron chi connectivity index (χ4n) is 4.55. The number of carbonyl (C=O) groups excluding carboxylic acids is 1. The molecule has 2 aliphatic rings. The molecule has 2 aliphatic heterocycles. The number of halogens is 1. The molecular formula is C25H27FN6O3S. The standard InChI is InChI=1S/C25H27FN6O3S/c1-15-29-19(12-21(30-15)24(33)28-14-16-3-4-18(26)23(11-16)34-2)20-13-22(35-31-20)17-5-8-32(9-6-17)25-27-7-10-36-25/h3-4,7,10-12,17,22H,5-6,8-9,13-14H2,1-2H3,(H,28,33). The number of benzene rings is 1.